The van der Waals surface area contributed by atoms with Gasteiger partial charge in [0.25, 0.3) is 5.56 Å². The monoisotopic (exact) mass is 338 g/mol. The van der Waals surface area contributed by atoms with Gasteiger partial charge in [-0.2, -0.15) is 0 Å². The minimum absolute atomic E-state index is 0.141. The van der Waals surface area contributed by atoms with Crippen LogP contribution in [-0.2, 0) is 24.3 Å². The molecule has 130 valence electrons. The van der Waals surface area contributed by atoms with Crippen molar-refractivity contribution in [3.63, 3.8) is 0 Å². The van der Waals surface area contributed by atoms with Crippen LogP contribution in [0.25, 0.3) is 10.8 Å². The van der Waals surface area contributed by atoms with E-state index >= 15 is 0 Å². The lowest BCUT2D eigenvalue weighted by atomic mass is 10.0. The SMILES string of the molecule is CCOCn1c(Cc2ccc3ccccc3c2)c(CC)c(=O)[nH]c1=O. The van der Waals surface area contributed by atoms with Crippen LogP contribution < -0.4 is 11.2 Å². The van der Waals surface area contributed by atoms with E-state index in [1.165, 1.54) is 9.95 Å². The van der Waals surface area contributed by atoms with Crippen LogP contribution in [-0.4, -0.2) is 16.2 Å². The van der Waals surface area contributed by atoms with Crippen molar-refractivity contribution in [2.24, 2.45) is 0 Å². The Morgan fingerprint density at radius 2 is 1.80 bits per heavy atom. The van der Waals surface area contributed by atoms with Gasteiger partial charge in [0.1, 0.15) is 6.73 Å². The number of H-pyrrole nitrogens is 1. The van der Waals surface area contributed by atoms with Crippen molar-refractivity contribution in [2.75, 3.05) is 6.61 Å². The van der Waals surface area contributed by atoms with E-state index in [-0.39, 0.29) is 12.3 Å². The Labute approximate surface area is 145 Å². The largest absolute Gasteiger partial charge is 0.361 e. The summed E-state index contributed by atoms with van der Waals surface area (Å²) in [6.07, 6.45) is 1.07. The van der Waals surface area contributed by atoms with Gasteiger partial charge in [0.05, 0.1) is 0 Å². The average molecular weight is 338 g/mol. The lowest BCUT2D eigenvalue weighted by molar-refractivity contribution is 0.0822. The Morgan fingerprint density at radius 3 is 2.52 bits per heavy atom. The maximum atomic E-state index is 12.3. The van der Waals surface area contributed by atoms with Crippen molar-refractivity contribution < 1.29 is 4.74 Å². The highest BCUT2D eigenvalue weighted by molar-refractivity contribution is 5.83. The van der Waals surface area contributed by atoms with E-state index in [4.69, 9.17) is 4.74 Å². The van der Waals surface area contributed by atoms with Crippen LogP contribution in [0.15, 0.2) is 52.1 Å². The molecule has 0 spiro atoms. The lowest BCUT2D eigenvalue weighted by Crippen LogP contribution is -2.36. The van der Waals surface area contributed by atoms with Gasteiger partial charge in [-0.1, -0.05) is 49.4 Å². The molecule has 1 N–H and O–H groups in total. The Morgan fingerprint density at radius 1 is 1.04 bits per heavy atom. The van der Waals surface area contributed by atoms with Crippen molar-refractivity contribution in [3.8, 4) is 0 Å². The molecule has 0 unspecified atom stereocenters. The van der Waals surface area contributed by atoms with Crippen molar-refractivity contribution in [3.05, 3.63) is 80.1 Å². The third-order valence-corrected chi connectivity index (χ3v) is 4.38. The van der Waals surface area contributed by atoms with Gasteiger partial charge in [-0.3, -0.25) is 14.3 Å². The van der Waals surface area contributed by atoms with Gasteiger partial charge in [-0.25, -0.2) is 4.79 Å². The highest BCUT2D eigenvalue weighted by Gasteiger charge is 2.14. The van der Waals surface area contributed by atoms with E-state index in [1.54, 1.807) is 0 Å². The van der Waals surface area contributed by atoms with Crippen LogP contribution in [0.4, 0.5) is 0 Å². The number of fused-ring (bicyclic) bond motifs is 1. The Bertz CT molecular complexity index is 1000. The zero-order chi connectivity index (χ0) is 17.8. The molecule has 0 amide bonds. The van der Waals surface area contributed by atoms with E-state index in [0.29, 0.717) is 25.0 Å². The molecule has 0 aliphatic heterocycles. The predicted octanol–water partition coefficient (Wildman–Crippen LogP) is 2.84. The number of rotatable bonds is 6. The fourth-order valence-corrected chi connectivity index (χ4v) is 3.08. The van der Waals surface area contributed by atoms with Crippen LogP contribution in [0, 0.1) is 0 Å². The van der Waals surface area contributed by atoms with Crippen LogP contribution >= 0.6 is 0 Å². The molecule has 1 heterocycles. The number of aromatic nitrogens is 2. The predicted molar refractivity (Wildman–Crippen MR) is 99.1 cm³/mol. The van der Waals surface area contributed by atoms with Crippen LogP contribution in [0.5, 0.6) is 0 Å². The van der Waals surface area contributed by atoms with Gasteiger partial charge in [-0.15, -0.1) is 0 Å². The molecule has 0 saturated carbocycles. The topological polar surface area (TPSA) is 64.1 Å². The molecule has 0 bridgehead atoms. The van der Waals surface area contributed by atoms with Crippen molar-refractivity contribution in [2.45, 2.75) is 33.4 Å². The molecule has 0 saturated heterocycles. The van der Waals surface area contributed by atoms with Gasteiger partial charge in [0, 0.05) is 24.3 Å². The number of aromatic amines is 1. The van der Waals surface area contributed by atoms with Crippen molar-refractivity contribution in [1.29, 1.82) is 0 Å². The maximum Gasteiger partial charge on any atom is 0.330 e. The highest BCUT2D eigenvalue weighted by atomic mass is 16.5. The summed E-state index contributed by atoms with van der Waals surface area (Å²) >= 11 is 0. The zero-order valence-electron chi connectivity index (χ0n) is 14.5. The van der Waals surface area contributed by atoms with Gasteiger partial charge < -0.3 is 4.74 Å². The summed E-state index contributed by atoms with van der Waals surface area (Å²) in [4.78, 5) is 26.9. The number of hydrogen-bond acceptors (Lipinski definition) is 3. The molecule has 5 nitrogen and oxygen atoms in total. The summed E-state index contributed by atoms with van der Waals surface area (Å²) < 4.78 is 6.96. The molecule has 1 aromatic heterocycles. The smallest absolute Gasteiger partial charge is 0.330 e. The molecular formula is C20H22N2O3. The Kier molecular flexibility index (Phi) is 5.14. The number of benzene rings is 2. The normalized spacial score (nSPS) is 11.1. The number of nitrogens with one attached hydrogen (secondary N) is 1. The Balaban J connectivity index is 2.10. The molecular weight excluding hydrogens is 316 g/mol. The fraction of sp³-hybridized carbons (Fsp3) is 0.300. The molecule has 0 radical (unpaired) electrons. The Hall–Kier alpha value is -2.66. The summed E-state index contributed by atoms with van der Waals surface area (Å²) in [6.45, 7) is 4.44. The summed E-state index contributed by atoms with van der Waals surface area (Å²) in [5.41, 5.74) is 1.68. The quantitative estimate of drug-likeness (QED) is 0.752. The van der Waals surface area contributed by atoms with E-state index in [9.17, 15) is 9.59 Å². The molecule has 0 fully saturated rings. The first-order chi connectivity index (χ1) is 12.1. The average Bonchev–Trinajstić information content (AvgIpc) is 2.61. The van der Waals surface area contributed by atoms with Crippen LogP contribution in [0.1, 0.15) is 30.7 Å². The minimum atomic E-state index is -0.425. The fourth-order valence-electron chi connectivity index (χ4n) is 3.08. The molecule has 5 heteroatoms. The lowest BCUT2D eigenvalue weighted by Gasteiger charge is -2.16. The second kappa shape index (κ2) is 7.49. The van der Waals surface area contributed by atoms with Gasteiger partial charge in [0.2, 0.25) is 0 Å². The van der Waals surface area contributed by atoms with Crippen molar-refractivity contribution >= 4 is 10.8 Å². The summed E-state index contributed by atoms with van der Waals surface area (Å²) in [6, 6.07) is 14.3. The molecule has 3 aromatic rings. The highest BCUT2D eigenvalue weighted by Crippen LogP contribution is 2.18. The second-order valence-electron chi connectivity index (χ2n) is 5.95. The first kappa shape index (κ1) is 17.2. The second-order valence-corrected chi connectivity index (χ2v) is 5.95. The van der Waals surface area contributed by atoms with E-state index in [2.05, 4.69) is 29.2 Å². The standard InChI is InChI=1S/C20H22N2O3/c1-3-17-18(22(13-25-4-2)20(24)21-19(17)23)12-14-9-10-15-7-5-6-8-16(15)11-14/h5-11H,3-4,12-13H2,1-2H3,(H,21,23,24). The third kappa shape index (κ3) is 3.56. The van der Waals surface area contributed by atoms with Crippen LogP contribution in [0.2, 0.25) is 0 Å². The number of hydrogen-bond donors (Lipinski definition) is 1. The first-order valence-electron chi connectivity index (χ1n) is 8.54. The molecule has 3 rings (SSSR count). The maximum absolute atomic E-state index is 12.3. The summed E-state index contributed by atoms with van der Waals surface area (Å²) in [7, 11) is 0. The van der Waals surface area contributed by atoms with E-state index < -0.39 is 5.69 Å². The number of ether oxygens (including phenoxy) is 1. The zero-order valence-corrected chi connectivity index (χ0v) is 14.5. The summed E-state index contributed by atoms with van der Waals surface area (Å²) in [5.74, 6) is 0. The molecule has 0 aliphatic rings. The van der Waals surface area contributed by atoms with Gasteiger partial charge in [0.15, 0.2) is 0 Å². The van der Waals surface area contributed by atoms with Crippen molar-refractivity contribution in [1.82, 2.24) is 9.55 Å². The third-order valence-electron chi connectivity index (χ3n) is 4.38. The van der Waals surface area contributed by atoms with E-state index in [0.717, 1.165) is 16.6 Å². The molecule has 0 atom stereocenters. The van der Waals surface area contributed by atoms with Gasteiger partial charge in [-0.05, 0) is 29.7 Å². The van der Waals surface area contributed by atoms with Gasteiger partial charge >= 0.3 is 5.69 Å². The summed E-state index contributed by atoms with van der Waals surface area (Å²) in [5, 5.41) is 2.31. The van der Waals surface area contributed by atoms with E-state index in [1.807, 2.05) is 32.0 Å². The van der Waals surface area contributed by atoms with Crippen LogP contribution in [0.3, 0.4) is 0 Å². The first-order valence-corrected chi connectivity index (χ1v) is 8.54. The molecule has 0 aliphatic carbocycles. The minimum Gasteiger partial charge on any atom is -0.361 e. The molecule has 2 aromatic carbocycles. The number of nitrogens with zero attached hydrogens (tertiary/aromatic N) is 1. The molecule has 25 heavy (non-hydrogen) atoms.